The molecule has 0 atom stereocenters. The standard InChI is InChI=1S/C14H18N4OS/c1-17(9-10-4-3-5-12(8-10)19-2)13-15-16-14(20)18(13)11-6-7-11/h3-5,8,11H,6-7,9H2,1-2H3,(H,16,20). The van der Waals surface area contributed by atoms with Gasteiger partial charge < -0.3 is 9.64 Å². The molecule has 1 fully saturated rings. The number of methoxy groups -OCH3 is 1. The van der Waals surface area contributed by atoms with Crippen LogP contribution in [0.25, 0.3) is 0 Å². The number of nitrogens with one attached hydrogen (secondary N) is 1. The summed E-state index contributed by atoms with van der Waals surface area (Å²) in [6.07, 6.45) is 2.38. The molecule has 3 rings (SSSR count). The minimum absolute atomic E-state index is 0.518. The number of aromatic amines is 1. The Hall–Kier alpha value is -1.82. The van der Waals surface area contributed by atoms with Crippen LogP contribution in [0.1, 0.15) is 24.4 Å². The number of nitrogens with zero attached hydrogens (tertiary/aromatic N) is 3. The topological polar surface area (TPSA) is 46.1 Å². The fourth-order valence-electron chi connectivity index (χ4n) is 2.34. The lowest BCUT2D eigenvalue weighted by molar-refractivity contribution is 0.414. The van der Waals surface area contributed by atoms with Crippen LogP contribution in [0.4, 0.5) is 5.95 Å². The average Bonchev–Trinajstić information content (AvgIpc) is 3.21. The molecule has 6 heteroatoms. The molecule has 106 valence electrons. The fourth-order valence-corrected chi connectivity index (χ4v) is 2.62. The zero-order valence-corrected chi connectivity index (χ0v) is 12.5. The van der Waals surface area contributed by atoms with Gasteiger partial charge >= 0.3 is 0 Å². The van der Waals surface area contributed by atoms with Crippen LogP contribution in [0.15, 0.2) is 24.3 Å². The summed E-state index contributed by atoms with van der Waals surface area (Å²) in [6, 6.07) is 8.59. The number of benzene rings is 1. The molecule has 1 saturated carbocycles. The quantitative estimate of drug-likeness (QED) is 0.860. The SMILES string of the molecule is COc1cccc(CN(C)c2n[nH]c(=S)n2C2CC2)c1. The summed E-state index contributed by atoms with van der Waals surface area (Å²) in [5.74, 6) is 1.78. The Morgan fingerprint density at radius 1 is 1.50 bits per heavy atom. The maximum Gasteiger partial charge on any atom is 0.226 e. The van der Waals surface area contributed by atoms with E-state index in [1.807, 2.05) is 25.2 Å². The molecular formula is C14H18N4OS. The second kappa shape index (κ2) is 5.28. The third-order valence-electron chi connectivity index (χ3n) is 3.49. The third kappa shape index (κ3) is 2.56. The largest absolute Gasteiger partial charge is 0.497 e. The van der Waals surface area contributed by atoms with Crippen LogP contribution in [-0.4, -0.2) is 28.9 Å². The lowest BCUT2D eigenvalue weighted by Crippen LogP contribution is -2.20. The molecule has 0 unspecified atom stereocenters. The van der Waals surface area contributed by atoms with Crippen molar-refractivity contribution in [3.8, 4) is 5.75 Å². The second-order valence-electron chi connectivity index (χ2n) is 5.14. The van der Waals surface area contributed by atoms with Crippen LogP contribution in [0.3, 0.4) is 0 Å². The fraction of sp³-hybridized carbons (Fsp3) is 0.429. The molecule has 0 aliphatic heterocycles. The number of anilines is 1. The summed E-state index contributed by atoms with van der Waals surface area (Å²) in [5, 5.41) is 7.25. The number of rotatable bonds is 5. The highest BCUT2D eigenvalue weighted by Crippen LogP contribution is 2.37. The maximum atomic E-state index is 5.31. The monoisotopic (exact) mass is 290 g/mol. The number of H-pyrrole nitrogens is 1. The highest BCUT2D eigenvalue weighted by molar-refractivity contribution is 7.71. The van der Waals surface area contributed by atoms with Gasteiger partial charge in [0.1, 0.15) is 5.75 Å². The lowest BCUT2D eigenvalue weighted by Gasteiger charge is -2.19. The molecule has 0 radical (unpaired) electrons. The van der Waals surface area contributed by atoms with Gasteiger partial charge in [-0.05, 0) is 42.8 Å². The molecule has 1 heterocycles. The van der Waals surface area contributed by atoms with E-state index >= 15 is 0 Å². The van der Waals surface area contributed by atoms with Crippen molar-refractivity contribution in [1.82, 2.24) is 14.8 Å². The summed E-state index contributed by atoms with van der Waals surface area (Å²) in [4.78, 5) is 2.11. The zero-order valence-electron chi connectivity index (χ0n) is 11.7. The maximum absolute atomic E-state index is 5.31. The van der Waals surface area contributed by atoms with E-state index < -0.39 is 0 Å². The first-order valence-electron chi connectivity index (χ1n) is 6.70. The lowest BCUT2D eigenvalue weighted by atomic mass is 10.2. The third-order valence-corrected chi connectivity index (χ3v) is 3.78. The number of ether oxygens (including phenoxy) is 1. The van der Waals surface area contributed by atoms with Crippen molar-refractivity contribution in [2.75, 3.05) is 19.1 Å². The van der Waals surface area contributed by atoms with E-state index in [1.165, 1.54) is 18.4 Å². The number of aromatic nitrogens is 3. The smallest absolute Gasteiger partial charge is 0.226 e. The van der Waals surface area contributed by atoms with Crippen molar-refractivity contribution in [2.45, 2.75) is 25.4 Å². The Labute approximate surface area is 123 Å². The van der Waals surface area contributed by atoms with E-state index in [1.54, 1.807) is 7.11 Å². The van der Waals surface area contributed by atoms with Crippen molar-refractivity contribution in [2.24, 2.45) is 0 Å². The first-order chi connectivity index (χ1) is 9.69. The van der Waals surface area contributed by atoms with Crippen molar-refractivity contribution in [3.05, 3.63) is 34.6 Å². The summed E-state index contributed by atoms with van der Waals surface area (Å²) >= 11 is 5.31. The van der Waals surface area contributed by atoms with Crippen molar-refractivity contribution < 1.29 is 4.74 Å². The first-order valence-corrected chi connectivity index (χ1v) is 7.11. The van der Waals surface area contributed by atoms with Crippen LogP contribution in [0, 0.1) is 4.77 Å². The number of hydrogen-bond acceptors (Lipinski definition) is 4. The molecule has 20 heavy (non-hydrogen) atoms. The van der Waals surface area contributed by atoms with Gasteiger partial charge in [0.15, 0.2) is 4.77 Å². The normalized spacial score (nSPS) is 14.3. The van der Waals surface area contributed by atoms with E-state index in [-0.39, 0.29) is 0 Å². The summed E-state index contributed by atoms with van der Waals surface area (Å²) in [5.41, 5.74) is 1.18. The molecule has 2 aromatic rings. The second-order valence-corrected chi connectivity index (χ2v) is 5.52. The summed E-state index contributed by atoms with van der Waals surface area (Å²) in [6.45, 7) is 0.767. The van der Waals surface area contributed by atoms with Gasteiger partial charge in [0, 0.05) is 19.6 Å². The molecule has 0 saturated heterocycles. The van der Waals surface area contributed by atoms with Crippen molar-refractivity contribution >= 4 is 18.2 Å². The van der Waals surface area contributed by atoms with E-state index in [2.05, 4.69) is 25.7 Å². The Morgan fingerprint density at radius 2 is 2.30 bits per heavy atom. The van der Waals surface area contributed by atoms with Crippen LogP contribution in [0.5, 0.6) is 5.75 Å². The summed E-state index contributed by atoms with van der Waals surface area (Å²) < 4.78 is 8.08. The van der Waals surface area contributed by atoms with Gasteiger partial charge in [-0.15, -0.1) is 5.10 Å². The highest BCUT2D eigenvalue weighted by Gasteiger charge is 2.28. The van der Waals surface area contributed by atoms with E-state index in [4.69, 9.17) is 17.0 Å². The Bertz CT molecular complexity index is 659. The number of hydrogen-bond donors (Lipinski definition) is 1. The minimum Gasteiger partial charge on any atom is -0.497 e. The van der Waals surface area contributed by atoms with Crippen LogP contribution >= 0.6 is 12.2 Å². The molecule has 0 bridgehead atoms. The van der Waals surface area contributed by atoms with Crippen molar-refractivity contribution in [3.63, 3.8) is 0 Å². The molecule has 5 nitrogen and oxygen atoms in total. The minimum atomic E-state index is 0.518. The zero-order chi connectivity index (χ0) is 14.1. The molecule has 1 aliphatic rings. The Morgan fingerprint density at radius 3 is 3.00 bits per heavy atom. The van der Waals surface area contributed by atoms with E-state index in [0.717, 1.165) is 18.2 Å². The molecule has 1 aromatic heterocycles. The Balaban J connectivity index is 1.82. The van der Waals surface area contributed by atoms with Crippen molar-refractivity contribution in [1.29, 1.82) is 0 Å². The van der Waals surface area contributed by atoms with Gasteiger partial charge in [-0.2, -0.15) is 0 Å². The van der Waals surface area contributed by atoms with Crippen LogP contribution in [0.2, 0.25) is 0 Å². The molecule has 0 spiro atoms. The molecule has 1 aromatic carbocycles. The predicted molar refractivity (Wildman–Crippen MR) is 80.8 cm³/mol. The first kappa shape index (κ1) is 13.2. The highest BCUT2D eigenvalue weighted by atomic mass is 32.1. The average molecular weight is 290 g/mol. The molecule has 1 aliphatic carbocycles. The van der Waals surface area contributed by atoms with Gasteiger partial charge in [-0.25, -0.2) is 5.10 Å². The molecular weight excluding hydrogens is 272 g/mol. The predicted octanol–water partition coefficient (Wildman–Crippen LogP) is 2.92. The molecule has 1 N–H and O–H groups in total. The van der Waals surface area contributed by atoms with Crippen LogP contribution < -0.4 is 9.64 Å². The van der Waals surface area contributed by atoms with Gasteiger partial charge in [-0.1, -0.05) is 12.1 Å². The van der Waals surface area contributed by atoms with Crippen LogP contribution in [-0.2, 0) is 6.54 Å². The van der Waals surface area contributed by atoms with Gasteiger partial charge in [-0.3, -0.25) is 4.57 Å². The molecule has 0 amide bonds. The van der Waals surface area contributed by atoms with Gasteiger partial charge in [0.2, 0.25) is 5.95 Å². The van der Waals surface area contributed by atoms with E-state index in [0.29, 0.717) is 10.8 Å². The van der Waals surface area contributed by atoms with Gasteiger partial charge in [0.05, 0.1) is 7.11 Å². The van der Waals surface area contributed by atoms with E-state index in [9.17, 15) is 0 Å². The summed E-state index contributed by atoms with van der Waals surface area (Å²) in [7, 11) is 3.71. The Kier molecular flexibility index (Phi) is 3.48. The van der Waals surface area contributed by atoms with Gasteiger partial charge in [0.25, 0.3) is 0 Å².